The first-order valence-electron chi connectivity index (χ1n) is 8.61. The van der Waals surface area contributed by atoms with Gasteiger partial charge in [-0.1, -0.05) is 6.07 Å². The highest BCUT2D eigenvalue weighted by atomic mass is 19.1. The van der Waals surface area contributed by atoms with Crippen molar-refractivity contribution in [2.75, 3.05) is 0 Å². The van der Waals surface area contributed by atoms with E-state index in [0.29, 0.717) is 25.7 Å². The largest absolute Gasteiger partial charge is 0.481 e. The third-order valence-corrected chi connectivity index (χ3v) is 5.14. The Bertz CT molecular complexity index is 627. The second kappa shape index (κ2) is 7.20. The standard InChI is InChI=1S/C18H23FN2O3/c19-13-7-4-11-2-1-3-16(15(11)10-13)21-18(24)20-14-8-5-12(6-9-14)17(22)23/h4,7,10,12,14,16H,1-3,5-6,8-9H2,(H,22,23)(H2,20,21,24)/t12?,14?,16-/m1/s1. The molecule has 0 unspecified atom stereocenters. The summed E-state index contributed by atoms with van der Waals surface area (Å²) in [6, 6.07) is 4.36. The summed E-state index contributed by atoms with van der Waals surface area (Å²) < 4.78 is 13.5. The Balaban J connectivity index is 1.55. The molecule has 0 radical (unpaired) electrons. The summed E-state index contributed by atoms with van der Waals surface area (Å²) in [4.78, 5) is 23.2. The highest BCUT2D eigenvalue weighted by molar-refractivity contribution is 5.75. The van der Waals surface area contributed by atoms with Gasteiger partial charge in [0.15, 0.2) is 0 Å². The highest BCUT2D eigenvalue weighted by Gasteiger charge is 2.28. The van der Waals surface area contributed by atoms with E-state index >= 15 is 0 Å². The van der Waals surface area contributed by atoms with Gasteiger partial charge < -0.3 is 15.7 Å². The molecule has 1 aromatic rings. The number of carboxylic acid groups (broad SMARTS) is 1. The fourth-order valence-corrected chi connectivity index (χ4v) is 3.79. The summed E-state index contributed by atoms with van der Waals surface area (Å²) in [7, 11) is 0. The maximum atomic E-state index is 13.5. The maximum Gasteiger partial charge on any atom is 0.315 e. The van der Waals surface area contributed by atoms with E-state index in [4.69, 9.17) is 5.11 Å². The molecule has 6 heteroatoms. The number of urea groups is 1. The third kappa shape index (κ3) is 3.86. The molecule has 1 aromatic carbocycles. The van der Waals surface area contributed by atoms with Crippen molar-refractivity contribution in [2.24, 2.45) is 5.92 Å². The Morgan fingerprint density at radius 3 is 2.54 bits per heavy atom. The monoisotopic (exact) mass is 334 g/mol. The van der Waals surface area contributed by atoms with Crippen molar-refractivity contribution in [3.63, 3.8) is 0 Å². The van der Waals surface area contributed by atoms with Gasteiger partial charge in [-0.2, -0.15) is 0 Å². The lowest BCUT2D eigenvalue weighted by atomic mass is 9.86. The van der Waals surface area contributed by atoms with E-state index in [1.165, 1.54) is 12.1 Å². The number of carbonyl (C=O) groups is 2. The van der Waals surface area contributed by atoms with E-state index in [-0.39, 0.29) is 29.8 Å². The van der Waals surface area contributed by atoms with Gasteiger partial charge >= 0.3 is 12.0 Å². The summed E-state index contributed by atoms with van der Waals surface area (Å²) in [5, 5.41) is 14.9. The molecule has 2 aliphatic carbocycles. The molecule has 0 aromatic heterocycles. The predicted molar refractivity (Wildman–Crippen MR) is 87.1 cm³/mol. The zero-order valence-corrected chi connectivity index (χ0v) is 13.6. The molecule has 0 aliphatic heterocycles. The zero-order valence-electron chi connectivity index (χ0n) is 13.6. The molecular weight excluding hydrogens is 311 g/mol. The fraction of sp³-hybridized carbons (Fsp3) is 0.556. The van der Waals surface area contributed by atoms with Crippen LogP contribution in [0.2, 0.25) is 0 Å². The van der Waals surface area contributed by atoms with Crippen LogP contribution in [-0.2, 0) is 11.2 Å². The molecule has 0 heterocycles. The van der Waals surface area contributed by atoms with Crippen LogP contribution in [0.15, 0.2) is 18.2 Å². The van der Waals surface area contributed by atoms with Gasteiger partial charge in [0.05, 0.1) is 12.0 Å². The molecule has 1 saturated carbocycles. The third-order valence-electron chi connectivity index (χ3n) is 5.14. The minimum absolute atomic E-state index is 0.0103. The van der Waals surface area contributed by atoms with E-state index < -0.39 is 5.97 Å². The first-order chi connectivity index (χ1) is 11.5. The number of rotatable bonds is 3. The van der Waals surface area contributed by atoms with Gasteiger partial charge in [0, 0.05) is 6.04 Å². The average Bonchev–Trinajstić information content (AvgIpc) is 2.56. The molecule has 2 amide bonds. The number of nitrogens with one attached hydrogen (secondary N) is 2. The van der Waals surface area contributed by atoms with Crippen LogP contribution in [0, 0.1) is 11.7 Å². The van der Waals surface area contributed by atoms with E-state index in [1.807, 2.05) is 0 Å². The van der Waals surface area contributed by atoms with Crippen molar-refractivity contribution in [3.05, 3.63) is 35.1 Å². The number of fused-ring (bicyclic) bond motifs is 1. The van der Waals surface area contributed by atoms with Gasteiger partial charge in [0.25, 0.3) is 0 Å². The van der Waals surface area contributed by atoms with Crippen molar-refractivity contribution in [3.8, 4) is 0 Å². The second-order valence-corrected chi connectivity index (χ2v) is 6.79. The summed E-state index contributed by atoms with van der Waals surface area (Å²) in [5.74, 6) is -1.33. The number of benzene rings is 1. The number of aliphatic carboxylic acids is 1. The van der Waals surface area contributed by atoms with Crippen LogP contribution in [0.3, 0.4) is 0 Å². The molecule has 130 valence electrons. The number of halogens is 1. The second-order valence-electron chi connectivity index (χ2n) is 6.79. The van der Waals surface area contributed by atoms with Crippen LogP contribution in [0.4, 0.5) is 9.18 Å². The van der Waals surface area contributed by atoms with E-state index in [2.05, 4.69) is 10.6 Å². The van der Waals surface area contributed by atoms with Crippen LogP contribution in [-0.4, -0.2) is 23.1 Å². The highest BCUT2D eigenvalue weighted by Crippen LogP contribution is 2.30. The first kappa shape index (κ1) is 16.7. The lowest BCUT2D eigenvalue weighted by Gasteiger charge is -2.30. The first-order valence-corrected chi connectivity index (χ1v) is 8.61. The molecule has 2 aliphatic rings. The lowest BCUT2D eigenvalue weighted by Crippen LogP contribution is -2.45. The van der Waals surface area contributed by atoms with Crippen molar-refractivity contribution in [1.82, 2.24) is 10.6 Å². The molecule has 3 rings (SSSR count). The van der Waals surface area contributed by atoms with E-state index in [0.717, 1.165) is 30.4 Å². The Morgan fingerprint density at radius 2 is 1.83 bits per heavy atom. The number of carboxylic acids is 1. The molecule has 24 heavy (non-hydrogen) atoms. The van der Waals surface area contributed by atoms with Crippen molar-refractivity contribution < 1.29 is 19.1 Å². The van der Waals surface area contributed by atoms with Gasteiger partial charge in [-0.05, 0) is 68.2 Å². The van der Waals surface area contributed by atoms with Crippen molar-refractivity contribution >= 4 is 12.0 Å². The molecule has 0 saturated heterocycles. The summed E-state index contributed by atoms with van der Waals surface area (Å²) in [5.41, 5.74) is 1.96. The van der Waals surface area contributed by atoms with Gasteiger partial charge in [-0.3, -0.25) is 4.79 Å². The quantitative estimate of drug-likeness (QED) is 0.794. The molecule has 5 nitrogen and oxygen atoms in total. The topological polar surface area (TPSA) is 78.4 Å². The Labute approximate surface area is 140 Å². The van der Waals surface area contributed by atoms with Crippen molar-refractivity contribution in [2.45, 2.75) is 57.0 Å². The molecule has 1 atom stereocenters. The van der Waals surface area contributed by atoms with Gasteiger partial charge in [0.1, 0.15) is 5.82 Å². The van der Waals surface area contributed by atoms with E-state index in [1.54, 1.807) is 6.07 Å². The lowest BCUT2D eigenvalue weighted by molar-refractivity contribution is -0.142. The molecule has 0 spiro atoms. The molecule has 3 N–H and O–H groups in total. The number of hydrogen-bond donors (Lipinski definition) is 3. The molecule has 0 bridgehead atoms. The maximum absolute atomic E-state index is 13.5. The number of carbonyl (C=O) groups excluding carboxylic acids is 1. The number of hydrogen-bond acceptors (Lipinski definition) is 2. The van der Waals surface area contributed by atoms with Crippen LogP contribution in [0.25, 0.3) is 0 Å². The van der Waals surface area contributed by atoms with Crippen molar-refractivity contribution in [1.29, 1.82) is 0 Å². The molecular formula is C18H23FN2O3. The Hall–Kier alpha value is -2.11. The van der Waals surface area contributed by atoms with E-state index in [9.17, 15) is 14.0 Å². The molecule has 1 fully saturated rings. The normalized spacial score (nSPS) is 26.3. The Morgan fingerprint density at radius 1 is 1.08 bits per heavy atom. The summed E-state index contributed by atoms with van der Waals surface area (Å²) in [6.07, 6.45) is 5.23. The SMILES string of the molecule is O=C(NC1CCC(C(=O)O)CC1)N[C@@H]1CCCc2ccc(F)cc21. The summed E-state index contributed by atoms with van der Waals surface area (Å²) >= 11 is 0. The number of aryl methyl sites for hydroxylation is 1. The average molecular weight is 334 g/mol. The van der Waals surface area contributed by atoms with Crippen LogP contribution in [0.1, 0.15) is 55.7 Å². The van der Waals surface area contributed by atoms with Gasteiger partial charge in [-0.25, -0.2) is 9.18 Å². The van der Waals surface area contributed by atoms with Crippen LogP contribution in [0.5, 0.6) is 0 Å². The van der Waals surface area contributed by atoms with Gasteiger partial charge in [0.2, 0.25) is 0 Å². The summed E-state index contributed by atoms with van der Waals surface area (Å²) in [6.45, 7) is 0. The van der Waals surface area contributed by atoms with Gasteiger partial charge in [-0.15, -0.1) is 0 Å². The minimum Gasteiger partial charge on any atom is -0.481 e. The van der Waals surface area contributed by atoms with Crippen LogP contribution >= 0.6 is 0 Å². The zero-order chi connectivity index (χ0) is 17.1. The minimum atomic E-state index is -0.751. The predicted octanol–water partition coefficient (Wildman–Crippen LogP) is 3.15. The number of amides is 2. The van der Waals surface area contributed by atoms with Crippen LogP contribution < -0.4 is 10.6 Å². The fourth-order valence-electron chi connectivity index (χ4n) is 3.79. The smallest absolute Gasteiger partial charge is 0.315 e. The Kier molecular flexibility index (Phi) is 5.02.